The molecule has 0 saturated carbocycles. The van der Waals surface area contributed by atoms with Gasteiger partial charge >= 0.3 is 5.69 Å². The van der Waals surface area contributed by atoms with Crippen molar-refractivity contribution in [3.8, 4) is 0 Å². The lowest BCUT2D eigenvalue weighted by Gasteiger charge is -2.17. The molecule has 17 heavy (non-hydrogen) atoms. The van der Waals surface area contributed by atoms with E-state index in [1.54, 1.807) is 18.2 Å². The molecule has 0 amide bonds. The number of benzene rings is 1. The Balaban J connectivity index is 2.32. The van der Waals surface area contributed by atoms with Gasteiger partial charge < -0.3 is 25.9 Å². The van der Waals surface area contributed by atoms with Crippen LogP contribution in [0.5, 0.6) is 0 Å². The number of aliphatic hydroxyl groups excluding tert-OH is 2. The molecule has 0 fully saturated rings. The van der Waals surface area contributed by atoms with E-state index in [1.807, 2.05) is 0 Å². The largest absolute Gasteiger partial charge is 0.390 e. The fourth-order valence-corrected chi connectivity index (χ4v) is 1.78. The third-order valence-electron chi connectivity index (χ3n) is 2.71. The van der Waals surface area contributed by atoms with Gasteiger partial charge in [0.05, 0.1) is 17.1 Å². The second-order valence-corrected chi connectivity index (χ2v) is 3.97. The molecule has 1 aromatic carbocycles. The van der Waals surface area contributed by atoms with Crippen molar-refractivity contribution in [1.29, 1.82) is 0 Å². The fraction of sp³-hybridized carbons (Fsp3) is 0.364. The zero-order chi connectivity index (χ0) is 12.4. The van der Waals surface area contributed by atoms with Crippen LogP contribution in [0.2, 0.25) is 0 Å². The number of rotatable bonds is 4. The number of aliphatic hydroxyl groups is 2. The maximum Gasteiger partial charge on any atom is 0.323 e. The Hall–Kier alpha value is -1.63. The van der Waals surface area contributed by atoms with Crippen LogP contribution in [0.15, 0.2) is 23.0 Å². The average molecular weight is 237 g/mol. The van der Waals surface area contributed by atoms with Gasteiger partial charge in [-0.2, -0.15) is 0 Å². The first-order valence-corrected chi connectivity index (χ1v) is 5.40. The van der Waals surface area contributed by atoms with Gasteiger partial charge in [-0.1, -0.05) is 6.07 Å². The molecule has 1 aromatic heterocycles. The molecule has 0 saturated heterocycles. The van der Waals surface area contributed by atoms with E-state index in [0.717, 1.165) is 0 Å². The molecule has 1 heterocycles. The van der Waals surface area contributed by atoms with Crippen LogP contribution in [-0.4, -0.2) is 32.8 Å². The topological polar surface area (TPSA) is 115 Å². The standard InChI is InChI=1S/C11H15N3O3/c12-4-3-9(15)10(16)6-1-2-7-8(5-6)14-11(17)13-7/h1-2,5,9-10,15-16H,3-4,12H2,(H2,13,14,17). The van der Waals surface area contributed by atoms with Crippen LogP contribution in [-0.2, 0) is 0 Å². The molecule has 0 aliphatic heterocycles. The second kappa shape index (κ2) is 4.70. The summed E-state index contributed by atoms with van der Waals surface area (Å²) in [6.07, 6.45) is -1.58. The second-order valence-electron chi connectivity index (χ2n) is 3.97. The van der Waals surface area contributed by atoms with Gasteiger partial charge in [0.25, 0.3) is 0 Å². The Kier molecular flexibility index (Phi) is 3.28. The molecule has 6 heteroatoms. The van der Waals surface area contributed by atoms with Crippen molar-refractivity contribution in [2.45, 2.75) is 18.6 Å². The molecule has 0 bridgehead atoms. The van der Waals surface area contributed by atoms with E-state index in [2.05, 4.69) is 9.97 Å². The molecular formula is C11H15N3O3. The highest BCUT2D eigenvalue weighted by Gasteiger charge is 2.18. The van der Waals surface area contributed by atoms with Gasteiger partial charge in [-0.15, -0.1) is 0 Å². The van der Waals surface area contributed by atoms with Crippen LogP contribution < -0.4 is 11.4 Å². The van der Waals surface area contributed by atoms with E-state index >= 15 is 0 Å². The third kappa shape index (κ3) is 2.38. The van der Waals surface area contributed by atoms with Crippen LogP contribution in [0.3, 0.4) is 0 Å². The normalized spacial score (nSPS) is 15.0. The number of nitrogens with two attached hydrogens (primary N) is 1. The highest BCUT2D eigenvalue weighted by Crippen LogP contribution is 2.21. The molecule has 2 aromatic rings. The Morgan fingerprint density at radius 2 is 1.94 bits per heavy atom. The summed E-state index contributed by atoms with van der Waals surface area (Å²) in [7, 11) is 0. The van der Waals surface area contributed by atoms with E-state index < -0.39 is 12.2 Å². The molecule has 6 N–H and O–H groups in total. The van der Waals surface area contributed by atoms with Gasteiger partial charge in [0.2, 0.25) is 0 Å². The Bertz CT molecular complexity index is 560. The highest BCUT2D eigenvalue weighted by atomic mass is 16.3. The van der Waals surface area contributed by atoms with Crippen molar-refractivity contribution < 1.29 is 10.2 Å². The Morgan fingerprint density at radius 3 is 2.65 bits per heavy atom. The monoisotopic (exact) mass is 237 g/mol. The molecule has 2 rings (SSSR count). The van der Waals surface area contributed by atoms with E-state index in [4.69, 9.17) is 5.73 Å². The molecule has 0 spiro atoms. The summed E-state index contributed by atoms with van der Waals surface area (Å²) in [5.74, 6) is 0. The number of aromatic nitrogens is 2. The SMILES string of the molecule is NCCC(O)C(O)c1ccc2[nH]c(=O)[nH]c2c1. The first-order valence-electron chi connectivity index (χ1n) is 5.40. The molecule has 6 nitrogen and oxygen atoms in total. The number of fused-ring (bicyclic) bond motifs is 1. The maximum atomic E-state index is 11.1. The quantitative estimate of drug-likeness (QED) is 0.497. The van der Waals surface area contributed by atoms with Gasteiger partial charge in [-0.25, -0.2) is 4.79 Å². The number of H-pyrrole nitrogens is 2. The average Bonchev–Trinajstić information content (AvgIpc) is 2.67. The van der Waals surface area contributed by atoms with Gasteiger partial charge in [0, 0.05) is 0 Å². The lowest BCUT2D eigenvalue weighted by atomic mass is 10.0. The Labute approximate surface area is 97.1 Å². The van der Waals surface area contributed by atoms with Crippen molar-refractivity contribution in [1.82, 2.24) is 9.97 Å². The van der Waals surface area contributed by atoms with Gasteiger partial charge in [-0.05, 0) is 30.7 Å². The third-order valence-corrected chi connectivity index (χ3v) is 2.71. The summed E-state index contributed by atoms with van der Waals surface area (Å²) in [4.78, 5) is 16.3. The van der Waals surface area contributed by atoms with Crippen LogP contribution in [0.4, 0.5) is 0 Å². The minimum atomic E-state index is -0.999. The molecule has 92 valence electrons. The predicted octanol–water partition coefficient (Wildman–Crippen LogP) is -0.401. The minimum absolute atomic E-state index is 0.297. The fourth-order valence-electron chi connectivity index (χ4n) is 1.78. The molecule has 2 atom stereocenters. The number of hydrogen-bond acceptors (Lipinski definition) is 4. The Morgan fingerprint density at radius 1 is 1.24 bits per heavy atom. The first-order chi connectivity index (χ1) is 8.11. The van der Waals surface area contributed by atoms with Crippen molar-refractivity contribution >= 4 is 11.0 Å². The summed E-state index contributed by atoms with van der Waals surface area (Å²) >= 11 is 0. The zero-order valence-corrected chi connectivity index (χ0v) is 9.18. The lowest BCUT2D eigenvalue weighted by molar-refractivity contribution is 0.0151. The lowest BCUT2D eigenvalue weighted by Crippen LogP contribution is -2.21. The summed E-state index contributed by atoms with van der Waals surface area (Å²) in [6.45, 7) is 0.307. The summed E-state index contributed by atoms with van der Waals surface area (Å²) in [6, 6.07) is 4.98. The summed E-state index contributed by atoms with van der Waals surface area (Å²) < 4.78 is 0. The van der Waals surface area contributed by atoms with Gasteiger partial charge in [-0.3, -0.25) is 0 Å². The first kappa shape index (κ1) is 11.8. The number of hydrogen-bond donors (Lipinski definition) is 5. The number of aromatic amines is 2. The van der Waals surface area contributed by atoms with Gasteiger partial charge in [0.1, 0.15) is 6.10 Å². The smallest absolute Gasteiger partial charge is 0.323 e. The minimum Gasteiger partial charge on any atom is -0.390 e. The van der Waals surface area contributed by atoms with Crippen LogP contribution in [0.25, 0.3) is 11.0 Å². The van der Waals surface area contributed by atoms with E-state index in [0.29, 0.717) is 29.6 Å². The van der Waals surface area contributed by atoms with Crippen molar-refractivity contribution in [2.24, 2.45) is 5.73 Å². The maximum absolute atomic E-state index is 11.1. The zero-order valence-electron chi connectivity index (χ0n) is 9.18. The highest BCUT2D eigenvalue weighted by molar-refractivity contribution is 5.75. The van der Waals surface area contributed by atoms with E-state index in [1.165, 1.54) is 0 Å². The number of nitrogens with one attached hydrogen (secondary N) is 2. The van der Waals surface area contributed by atoms with E-state index in [-0.39, 0.29) is 5.69 Å². The van der Waals surface area contributed by atoms with E-state index in [9.17, 15) is 15.0 Å². The molecule has 2 unspecified atom stereocenters. The molecule has 0 aliphatic rings. The molecule has 0 radical (unpaired) electrons. The molecule has 0 aliphatic carbocycles. The van der Waals surface area contributed by atoms with Crippen molar-refractivity contribution in [2.75, 3.05) is 6.54 Å². The number of imidazole rings is 1. The van der Waals surface area contributed by atoms with Crippen molar-refractivity contribution in [3.63, 3.8) is 0 Å². The predicted molar refractivity (Wildman–Crippen MR) is 63.6 cm³/mol. The van der Waals surface area contributed by atoms with Crippen LogP contribution >= 0.6 is 0 Å². The van der Waals surface area contributed by atoms with Crippen molar-refractivity contribution in [3.05, 3.63) is 34.2 Å². The van der Waals surface area contributed by atoms with Crippen LogP contribution in [0, 0.1) is 0 Å². The summed E-state index contributed by atoms with van der Waals surface area (Å²) in [5, 5.41) is 19.5. The van der Waals surface area contributed by atoms with Gasteiger partial charge in [0.15, 0.2) is 0 Å². The summed E-state index contributed by atoms with van der Waals surface area (Å²) in [5.41, 5.74) is 6.84. The molecular weight excluding hydrogens is 222 g/mol. The van der Waals surface area contributed by atoms with Crippen LogP contribution in [0.1, 0.15) is 18.1 Å².